The Hall–Kier alpha value is 0.530. The minimum Gasteiger partial charge on any atom is -0.343 e. The maximum Gasteiger partial charge on any atom is 0.190 e. The summed E-state index contributed by atoms with van der Waals surface area (Å²) in [5.41, 5.74) is 0. The Bertz CT molecular complexity index is 345. The maximum absolute atomic E-state index is 5.98. The molecule has 3 aliphatic heterocycles. The van der Waals surface area contributed by atoms with Gasteiger partial charge in [-0.15, -0.1) is 0 Å². The Labute approximate surface area is 121 Å². The summed E-state index contributed by atoms with van der Waals surface area (Å²) in [6.45, 7) is 7.63. The number of hydrogen-bond donors (Lipinski definition) is 0. The molecule has 0 unspecified atom stereocenters. The molecule has 0 aliphatic carbocycles. The topological polar surface area (TPSA) is 46.2 Å². The van der Waals surface area contributed by atoms with E-state index in [2.05, 4.69) is 22.6 Å². The molecule has 5 nitrogen and oxygen atoms in total. The van der Waals surface area contributed by atoms with Crippen molar-refractivity contribution in [3.63, 3.8) is 0 Å². The molecule has 0 aromatic carbocycles. The van der Waals surface area contributed by atoms with Gasteiger partial charge in [0, 0.05) is 4.43 Å². The fourth-order valence-electron chi connectivity index (χ4n) is 2.82. The van der Waals surface area contributed by atoms with Gasteiger partial charge in [-0.2, -0.15) is 0 Å². The standard InChI is InChI=1S/C12H19IO5/c1-11(2)15-7-6(5-13)14-10-9(8(7)16-11)17-12(3,4)18-10/h6-10H,5H2,1-4H3/t6-,7+,8+,9+,10-/m0/s1. The van der Waals surface area contributed by atoms with E-state index in [9.17, 15) is 0 Å². The highest BCUT2D eigenvalue weighted by Crippen LogP contribution is 2.44. The molecule has 0 aromatic heterocycles. The average molecular weight is 370 g/mol. The number of ether oxygens (including phenoxy) is 5. The zero-order chi connectivity index (χ0) is 13.1. The SMILES string of the molecule is CC1(C)O[C@@H]2O[C@@H](CI)[C@H]3OC(C)(C)O[C@H]3[C@H]2O1. The van der Waals surface area contributed by atoms with Crippen LogP contribution in [0.2, 0.25) is 0 Å². The van der Waals surface area contributed by atoms with E-state index >= 15 is 0 Å². The van der Waals surface area contributed by atoms with Gasteiger partial charge in [-0.25, -0.2) is 0 Å². The molecule has 0 bridgehead atoms. The van der Waals surface area contributed by atoms with Crippen LogP contribution >= 0.6 is 22.6 Å². The predicted octanol–water partition coefficient (Wildman–Crippen LogP) is 1.82. The number of hydrogen-bond acceptors (Lipinski definition) is 5. The molecule has 6 heteroatoms. The van der Waals surface area contributed by atoms with Gasteiger partial charge in [-0.3, -0.25) is 0 Å². The van der Waals surface area contributed by atoms with Crippen molar-refractivity contribution in [3.05, 3.63) is 0 Å². The van der Waals surface area contributed by atoms with E-state index in [0.29, 0.717) is 0 Å². The Kier molecular flexibility index (Phi) is 3.20. The van der Waals surface area contributed by atoms with Crippen LogP contribution in [-0.2, 0) is 23.7 Å². The molecule has 0 spiro atoms. The van der Waals surface area contributed by atoms with E-state index in [-0.39, 0.29) is 30.7 Å². The lowest BCUT2D eigenvalue weighted by atomic mass is 10.0. The first-order valence-corrected chi connectivity index (χ1v) is 7.77. The summed E-state index contributed by atoms with van der Waals surface area (Å²) in [5, 5.41) is 0. The summed E-state index contributed by atoms with van der Waals surface area (Å²) >= 11 is 2.30. The second-order valence-corrected chi connectivity index (χ2v) is 6.74. The summed E-state index contributed by atoms with van der Waals surface area (Å²) in [5.74, 6) is -1.22. The highest BCUT2D eigenvalue weighted by Gasteiger charge is 2.60. The molecule has 0 radical (unpaired) electrons. The smallest absolute Gasteiger partial charge is 0.190 e. The van der Waals surface area contributed by atoms with Crippen molar-refractivity contribution in [1.29, 1.82) is 0 Å². The van der Waals surface area contributed by atoms with Crippen LogP contribution in [0, 0.1) is 0 Å². The van der Waals surface area contributed by atoms with Gasteiger partial charge < -0.3 is 23.7 Å². The molecular weight excluding hydrogens is 351 g/mol. The minimum atomic E-state index is -0.629. The van der Waals surface area contributed by atoms with Crippen LogP contribution < -0.4 is 0 Å². The number of rotatable bonds is 1. The summed E-state index contributed by atoms with van der Waals surface area (Å²) in [6, 6.07) is 0. The van der Waals surface area contributed by atoms with Crippen LogP contribution in [0.5, 0.6) is 0 Å². The van der Waals surface area contributed by atoms with Crippen molar-refractivity contribution >= 4 is 22.6 Å². The molecule has 5 atom stereocenters. The Morgan fingerprint density at radius 2 is 1.39 bits per heavy atom. The summed E-state index contributed by atoms with van der Waals surface area (Å²) in [7, 11) is 0. The number of halogens is 1. The zero-order valence-corrected chi connectivity index (χ0v) is 13.2. The molecule has 0 amide bonds. The van der Waals surface area contributed by atoms with Crippen LogP contribution in [0.15, 0.2) is 0 Å². The molecule has 0 N–H and O–H groups in total. The molecule has 3 aliphatic rings. The van der Waals surface area contributed by atoms with Crippen molar-refractivity contribution in [2.75, 3.05) is 4.43 Å². The average Bonchev–Trinajstić information content (AvgIpc) is 2.71. The van der Waals surface area contributed by atoms with Crippen LogP contribution in [-0.4, -0.2) is 46.7 Å². The van der Waals surface area contributed by atoms with Gasteiger partial charge in [0.25, 0.3) is 0 Å². The second-order valence-electron chi connectivity index (χ2n) is 5.86. The first-order chi connectivity index (χ1) is 8.31. The molecule has 104 valence electrons. The summed E-state index contributed by atoms with van der Waals surface area (Å²) < 4.78 is 30.4. The molecular formula is C12H19IO5. The predicted molar refractivity (Wildman–Crippen MR) is 71.4 cm³/mol. The molecule has 0 aromatic rings. The molecule has 0 saturated carbocycles. The van der Waals surface area contributed by atoms with Crippen LogP contribution in [0.25, 0.3) is 0 Å². The first-order valence-electron chi connectivity index (χ1n) is 6.24. The fourth-order valence-corrected chi connectivity index (χ4v) is 3.53. The maximum atomic E-state index is 5.98. The third-order valence-electron chi connectivity index (χ3n) is 3.40. The zero-order valence-electron chi connectivity index (χ0n) is 11.0. The van der Waals surface area contributed by atoms with Gasteiger partial charge in [-0.1, -0.05) is 22.6 Å². The van der Waals surface area contributed by atoms with Gasteiger partial charge in [0.05, 0.1) is 6.10 Å². The quantitative estimate of drug-likeness (QED) is 0.521. The fraction of sp³-hybridized carbons (Fsp3) is 1.00. The Balaban J connectivity index is 1.86. The van der Waals surface area contributed by atoms with Gasteiger partial charge in [0.2, 0.25) is 0 Å². The van der Waals surface area contributed by atoms with Crippen LogP contribution in [0.3, 0.4) is 0 Å². The minimum absolute atomic E-state index is 0.0175. The Morgan fingerprint density at radius 1 is 0.833 bits per heavy atom. The number of fused-ring (bicyclic) bond motifs is 3. The van der Waals surface area contributed by atoms with Gasteiger partial charge >= 0.3 is 0 Å². The van der Waals surface area contributed by atoms with E-state index in [1.54, 1.807) is 0 Å². The second kappa shape index (κ2) is 4.26. The van der Waals surface area contributed by atoms with E-state index in [1.165, 1.54) is 0 Å². The van der Waals surface area contributed by atoms with Crippen molar-refractivity contribution < 1.29 is 23.7 Å². The lowest BCUT2D eigenvalue weighted by Crippen LogP contribution is -2.55. The first kappa shape index (κ1) is 13.5. The molecule has 18 heavy (non-hydrogen) atoms. The van der Waals surface area contributed by atoms with Crippen molar-refractivity contribution in [2.45, 2.75) is 70.0 Å². The van der Waals surface area contributed by atoms with Crippen LogP contribution in [0.4, 0.5) is 0 Å². The van der Waals surface area contributed by atoms with Crippen molar-refractivity contribution in [3.8, 4) is 0 Å². The molecule has 3 fully saturated rings. The molecule has 3 saturated heterocycles. The highest BCUT2D eigenvalue weighted by atomic mass is 127. The summed E-state index contributed by atoms with van der Waals surface area (Å²) in [6.07, 6.45) is -0.809. The lowest BCUT2D eigenvalue weighted by Gasteiger charge is -2.36. The van der Waals surface area contributed by atoms with E-state index in [0.717, 1.165) is 4.43 Å². The Morgan fingerprint density at radius 3 is 2.06 bits per heavy atom. The van der Waals surface area contributed by atoms with Crippen LogP contribution in [0.1, 0.15) is 27.7 Å². The molecule has 3 rings (SSSR count). The highest BCUT2D eigenvalue weighted by molar-refractivity contribution is 14.1. The lowest BCUT2D eigenvalue weighted by molar-refractivity contribution is -0.227. The molecule has 3 heterocycles. The monoisotopic (exact) mass is 370 g/mol. The van der Waals surface area contributed by atoms with Gasteiger partial charge in [0.15, 0.2) is 17.9 Å². The third-order valence-corrected chi connectivity index (χ3v) is 4.27. The largest absolute Gasteiger partial charge is 0.343 e. The van der Waals surface area contributed by atoms with Crippen molar-refractivity contribution in [2.24, 2.45) is 0 Å². The van der Waals surface area contributed by atoms with E-state index < -0.39 is 11.6 Å². The van der Waals surface area contributed by atoms with Crippen molar-refractivity contribution in [1.82, 2.24) is 0 Å². The summed E-state index contributed by atoms with van der Waals surface area (Å²) in [4.78, 5) is 0. The normalized spacial score (nSPS) is 48.8. The van der Waals surface area contributed by atoms with Gasteiger partial charge in [0.1, 0.15) is 18.3 Å². The van der Waals surface area contributed by atoms with E-state index in [1.807, 2.05) is 27.7 Å². The van der Waals surface area contributed by atoms with Gasteiger partial charge in [-0.05, 0) is 27.7 Å². The third kappa shape index (κ3) is 2.20. The van der Waals surface area contributed by atoms with E-state index in [4.69, 9.17) is 23.7 Å². The number of alkyl halides is 1.